The van der Waals surface area contributed by atoms with Crippen molar-refractivity contribution in [1.29, 1.82) is 0 Å². The molecule has 0 unspecified atom stereocenters. The van der Waals surface area contributed by atoms with E-state index in [1.165, 1.54) is 11.3 Å². The third-order valence-electron chi connectivity index (χ3n) is 6.17. The summed E-state index contributed by atoms with van der Waals surface area (Å²) >= 11 is 7.47. The number of amides is 1. The molecule has 0 bridgehead atoms. The predicted molar refractivity (Wildman–Crippen MR) is 132 cm³/mol. The fourth-order valence-corrected chi connectivity index (χ4v) is 6.91. The Morgan fingerprint density at radius 1 is 1.23 bits per heavy atom. The molecule has 0 aliphatic carbocycles. The summed E-state index contributed by atoms with van der Waals surface area (Å²) in [5.74, 6) is 1.22. The quantitative estimate of drug-likeness (QED) is 0.516. The molecular weight excluding hydrogens is 512 g/mol. The van der Waals surface area contributed by atoms with Gasteiger partial charge in [-0.05, 0) is 30.2 Å². The molecular formula is C23H21ClN4O5S2. The smallest absolute Gasteiger partial charge is 0.258 e. The molecule has 5 heterocycles. The Bertz CT molecular complexity index is 1440. The topological polar surface area (TPSA) is 111 Å². The van der Waals surface area contributed by atoms with E-state index in [-0.39, 0.29) is 30.1 Å². The van der Waals surface area contributed by atoms with Crippen molar-refractivity contribution in [1.82, 2.24) is 15.3 Å². The van der Waals surface area contributed by atoms with Crippen molar-refractivity contribution in [2.75, 3.05) is 31.3 Å². The first-order chi connectivity index (χ1) is 16.8. The maximum atomic E-state index is 12.5. The van der Waals surface area contributed by atoms with Crippen molar-refractivity contribution in [2.24, 2.45) is 0 Å². The van der Waals surface area contributed by atoms with Crippen LogP contribution >= 0.6 is 22.9 Å². The SMILES string of the molecule is O=C(COc1ccc2c(c1)N(c1nc(-c3ccc(Cl)s3)nc3c1CS(=O)(=O)C3)CC2)NC1COC1. The fraction of sp³-hybridized carbons (Fsp3) is 0.348. The number of sulfone groups is 1. The van der Waals surface area contributed by atoms with Gasteiger partial charge in [0.15, 0.2) is 22.3 Å². The monoisotopic (exact) mass is 532 g/mol. The number of nitrogens with zero attached hydrogens (tertiary/aromatic N) is 3. The van der Waals surface area contributed by atoms with E-state index in [9.17, 15) is 13.2 Å². The highest BCUT2D eigenvalue weighted by atomic mass is 35.5. The largest absolute Gasteiger partial charge is 0.484 e. The van der Waals surface area contributed by atoms with Crippen molar-refractivity contribution in [3.05, 3.63) is 51.5 Å². The first-order valence-corrected chi connectivity index (χ1v) is 14.1. The van der Waals surface area contributed by atoms with Crippen molar-refractivity contribution >= 4 is 50.2 Å². The van der Waals surface area contributed by atoms with Crippen LogP contribution in [-0.2, 0) is 37.3 Å². The van der Waals surface area contributed by atoms with Gasteiger partial charge in [-0.25, -0.2) is 18.4 Å². The van der Waals surface area contributed by atoms with Crippen LogP contribution in [0.3, 0.4) is 0 Å². The van der Waals surface area contributed by atoms with E-state index in [2.05, 4.69) is 10.3 Å². The molecule has 1 amide bonds. The van der Waals surface area contributed by atoms with Gasteiger partial charge in [-0.15, -0.1) is 11.3 Å². The number of aromatic nitrogens is 2. The second kappa shape index (κ2) is 8.74. The van der Waals surface area contributed by atoms with Crippen LogP contribution in [0.25, 0.3) is 10.7 Å². The van der Waals surface area contributed by atoms with E-state index in [0.717, 1.165) is 22.5 Å². The molecule has 0 atom stereocenters. The Labute approximate surface area is 211 Å². The van der Waals surface area contributed by atoms with E-state index in [1.54, 1.807) is 6.07 Å². The molecule has 182 valence electrons. The third-order valence-corrected chi connectivity index (χ3v) is 8.84. The molecule has 0 saturated carbocycles. The molecule has 2 aromatic heterocycles. The Morgan fingerprint density at radius 3 is 2.83 bits per heavy atom. The van der Waals surface area contributed by atoms with Crippen molar-refractivity contribution in [3.8, 4) is 16.5 Å². The average molecular weight is 533 g/mol. The standard InChI is InChI=1S/C23H21ClN4O5S2/c24-20-4-3-19(34-20)22-26-17-12-35(30,31)11-16(17)23(27-22)28-6-5-13-1-2-15(7-18(13)28)33-10-21(29)25-14-8-32-9-14/h1-4,7,14H,5-6,8-12H2,(H,25,29). The van der Waals surface area contributed by atoms with Gasteiger partial charge in [0, 0.05) is 23.9 Å². The minimum atomic E-state index is -3.29. The lowest BCUT2D eigenvalue weighted by molar-refractivity contribution is -0.127. The molecule has 1 aromatic carbocycles. The van der Waals surface area contributed by atoms with Crippen LogP contribution in [0.15, 0.2) is 30.3 Å². The van der Waals surface area contributed by atoms with E-state index < -0.39 is 9.84 Å². The minimum absolute atomic E-state index is 0.0465. The summed E-state index contributed by atoms with van der Waals surface area (Å²) in [6, 6.07) is 9.35. The second-order valence-corrected chi connectivity index (χ2v) is 12.5. The molecule has 3 aliphatic heterocycles. The molecule has 35 heavy (non-hydrogen) atoms. The van der Waals surface area contributed by atoms with Crippen molar-refractivity contribution < 1.29 is 22.7 Å². The number of fused-ring (bicyclic) bond motifs is 2. The molecule has 0 radical (unpaired) electrons. The van der Waals surface area contributed by atoms with Gasteiger partial charge in [-0.3, -0.25) is 4.79 Å². The zero-order valence-corrected chi connectivity index (χ0v) is 20.9. The Hall–Kier alpha value is -2.73. The number of hydrogen-bond donors (Lipinski definition) is 1. The van der Waals surface area contributed by atoms with Crippen LogP contribution in [-0.4, -0.2) is 56.7 Å². The van der Waals surface area contributed by atoms with Crippen LogP contribution in [0, 0.1) is 0 Å². The molecule has 1 fully saturated rings. The number of carbonyl (C=O) groups excluding carboxylic acids is 1. The minimum Gasteiger partial charge on any atom is -0.484 e. The fourth-order valence-electron chi connectivity index (χ4n) is 4.44. The van der Waals surface area contributed by atoms with Crippen LogP contribution in [0.2, 0.25) is 4.34 Å². The van der Waals surface area contributed by atoms with Gasteiger partial charge in [0.05, 0.1) is 45.7 Å². The number of benzene rings is 1. The molecule has 3 aliphatic rings. The summed E-state index contributed by atoms with van der Waals surface area (Å²) in [6.07, 6.45) is 0.781. The first kappa shape index (κ1) is 22.7. The summed E-state index contributed by atoms with van der Waals surface area (Å²) in [5, 5.41) is 2.85. The predicted octanol–water partition coefficient (Wildman–Crippen LogP) is 2.87. The van der Waals surface area contributed by atoms with E-state index in [0.29, 0.717) is 52.7 Å². The summed E-state index contributed by atoms with van der Waals surface area (Å²) < 4.78 is 36.4. The highest BCUT2D eigenvalue weighted by molar-refractivity contribution is 7.90. The van der Waals surface area contributed by atoms with Gasteiger partial charge in [-0.2, -0.15) is 0 Å². The number of nitrogens with one attached hydrogen (secondary N) is 1. The molecule has 0 spiro atoms. The summed E-state index contributed by atoms with van der Waals surface area (Å²) in [6.45, 7) is 1.60. The Morgan fingerprint density at radius 2 is 2.09 bits per heavy atom. The maximum absolute atomic E-state index is 12.5. The number of hydrogen-bond acceptors (Lipinski definition) is 9. The number of halogens is 1. The summed E-state index contributed by atoms with van der Waals surface area (Å²) in [4.78, 5) is 24.3. The highest BCUT2D eigenvalue weighted by Gasteiger charge is 2.34. The number of carbonyl (C=O) groups is 1. The number of ether oxygens (including phenoxy) is 2. The second-order valence-electron chi connectivity index (χ2n) is 8.71. The Balaban J connectivity index is 1.32. The summed E-state index contributed by atoms with van der Waals surface area (Å²) in [7, 11) is -3.29. The van der Waals surface area contributed by atoms with E-state index in [1.807, 2.05) is 29.2 Å². The highest BCUT2D eigenvalue weighted by Crippen LogP contribution is 2.42. The van der Waals surface area contributed by atoms with Gasteiger partial charge in [0.1, 0.15) is 11.6 Å². The molecule has 3 aromatic rings. The molecule has 9 nitrogen and oxygen atoms in total. The molecule has 12 heteroatoms. The van der Waals surface area contributed by atoms with E-state index in [4.69, 9.17) is 26.1 Å². The van der Waals surface area contributed by atoms with Crippen LogP contribution in [0.5, 0.6) is 5.75 Å². The lowest BCUT2D eigenvalue weighted by Gasteiger charge is -2.26. The third kappa shape index (κ3) is 4.49. The maximum Gasteiger partial charge on any atom is 0.258 e. The van der Waals surface area contributed by atoms with Crippen molar-refractivity contribution in [3.63, 3.8) is 0 Å². The number of rotatable bonds is 6. The summed E-state index contributed by atoms with van der Waals surface area (Å²) in [5.41, 5.74) is 3.16. The van der Waals surface area contributed by atoms with E-state index >= 15 is 0 Å². The van der Waals surface area contributed by atoms with Gasteiger partial charge in [-0.1, -0.05) is 17.7 Å². The zero-order valence-electron chi connectivity index (χ0n) is 18.5. The van der Waals surface area contributed by atoms with Crippen LogP contribution in [0.4, 0.5) is 11.5 Å². The van der Waals surface area contributed by atoms with Gasteiger partial charge < -0.3 is 19.7 Å². The lowest BCUT2D eigenvalue weighted by Crippen LogP contribution is -2.49. The first-order valence-electron chi connectivity index (χ1n) is 11.1. The molecule has 1 N–H and O–H groups in total. The number of thiophene rings is 1. The average Bonchev–Trinajstić information content (AvgIpc) is 3.49. The van der Waals surface area contributed by atoms with Crippen LogP contribution in [0.1, 0.15) is 16.8 Å². The van der Waals surface area contributed by atoms with Gasteiger partial charge in [0.2, 0.25) is 0 Å². The molecule has 1 saturated heterocycles. The van der Waals surface area contributed by atoms with Crippen molar-refractivity contribution in [2.45, 2.75) is 24.0 Å². The van der Waals surface area contributed by atoms with Gasteiger partial charge >= 0.3 is 0 Å². The Kier molecular flexibility index (Phi) is 5.67. The zero-order chi connectivity index (χ0) is 24.2. The number of anilines is 2. The molecule has 6 rings (SSSR count). The normalized spacial score (nSPS) is 18.1. The van der Waals surface area contributed by atoms with Gasteiger partial charge in [0.25, 0.3) is 5.91 Å². The lowest BCUT2D eigenvalue weighted by atomic mass is 10.1. The van der Waals surface area contributed by atoms with Crippen LogP contribution < -0.4 is 15.0 Å².